The van der Waals surface area contributed by atoms with Gasteiger partial charge in [0, 0.05) is 30.4 Å². The van der Waals surface area contributed by atoms with Crippen molar-refractivity contribution in [3.05, 3.63) is 34.7 Å². The molecule has 0 unspecified atom stereocenters. The van der Waals surface area contributed by atoms with E-state index in [1.54, 1.807) is 12.1 Å². The Balaban J connectivity index is 1.60. The lowest BCUT2D eigenvalue weighted by Gasteiger charge is -2.25. The van der Waals surface area contributed by atoms with Gasteiger partial charge < -0.3 is 9.73 Å². The fourth-order valence-corrected chi connectivity index (χ4v) is 3.62. The van der Waals surface area contributed by atoms with Gasteiger partial charge in [0.25, 0.3) is 5.91 Å². The molecule has 0 bridgehead atoms. The summed E-state index contributed by atoms with van der Waals surface area (Å²) >= 11 is 1.45. The van der Waals surface area contributed by atoms with Gasteiger partial charge in [-0.1, -0.05) is 0 Å². The zero-order chi connectivity index (χ0) is 17.1. The minimum absolute atomic E-state index is 0.0318. The third kappa shape index (κ3) is 4.01. The summed E-state index contributed by atoms with van der Waals surface area (Å²) in [6.07, 6.45) is 2.24. The van der Waals surface area contributed by atoms with Crippen LogP contribution in [-0.2, 0) is 17.8 Å². The molecule has 0 radical (unpaired) electrons. The smallest absolute Gasteiger partial charge is 0.293 e. The van der Waals surface area contributed by atoms with Crippen molar-refractivity contribution in [2.75, 3.05) is 18.4 Å². The largest absolute Gasteiger partial charge is 0.459 e. The summed E-state index contributed by atoms with van der Waals surface area (Å²) in [6, 6.07) is 3.42. The number of carbonyl (C=O) groups is 2. The molecule has 2 N–H and O–H groups in total. The number of thiazole rings is 1. The standard InChI is InChI=1S/C16H20N4O3S/c1-10(2)17-14(21)9-20-6-5-11-13(8-20)24-16(18-11)19-15(22)12-4-3-7-23-12/h3-4,7,10H,5-6,8-9H2,1-2H3,(H,17,21)(H,18,19,22). The normalized spacial score (nSPS) is 14.5. The maximum atomic E-state index is 12.0. The number of amides is 2. The number of nitrogens with one attached hydrogen (secondary N) is 2. The van der Waals surface area contributed by atoms with Crippen molar-refractivity contribution in [3.8, 4) is 0 Å². The molecule has 3 heterocycles. The van der Waals surface area contributed by atoms with Gasteiger partial charge in [-0.15, -0.1) is 11.3 Å². The molecule has 7 nitrogen and oxygen atoms in total. The minimum Gasteiger partial charge on any atom is -0.459 e. The maximum Gasteiger partial charge on any atom is 0.293 e. The molecule has 0 fully saturated rings. The zero-order valence-electron chi connectivity index (χ0n) is 13.7. The van der Waals surface area contributed by atoms with Crippen LogP contribution in [0.4, 0.5) is 5.13 Å². The lowest BCUT2D eigenvalue weighted by Crippen LogP contribution is -2.41. The highest BCUT2D eigenvalue weighted by Crippen LogP contribution is 2.28. The summed E-state index contributed by atoms with van der Waals surface area (Å²) in [5.41, 5.74) is 0.996. The molecule has 1 aliphatic heterocycles. The summed E-state index contributed by atoms with van der Waals surface area (Å²) in [5.74, 6) is -0.0151. The van der Waals surface area contributed by atoms with Crippen molar-refractivity contribution >= 4 is 28.3 Å². The first-order chi connectivity index (χ1) is 11.5. The second-order valence-electron chi connectivity index (χ2n) is 6.00. The van der Waals surface area contributed by atoms with E-state index < -0.39 is 0 Å². The van der Waals surface area contributed by atoms with Gasteiger partial charge in [0.2, 0.25) is 5.91 Å². The second-order valence-corrected chi connectivity index (χ2v) is 7.09. The summed E-state index contributed by atoms with van der Waals surface area (Å²) in [6.45, 7) is 5.74. The fourth-order valence-electron chi connectivity index (χ4n) is 2.57. The van der Waals surface area contributed by atoms with Crippen LogP contribution in [-0.4, -0.2) is 40.8 Å². The van der Waals surface area contributed by atoms with Crippen LogP contribution in [0.15, 0.2) is 22.8 Å². The molecule has 0 aromatic carbocycles. The Hall–Kier alpha value is -2.19. The lowest BCUT2D eigenvalue weighted by atomic mass is 10.2. The fraction of sp³-hybridized carbons (Fsp3) is 0.438. The van der Waals surface area contributed by atoms with Crippen molar-refractivity contribution in [1.29, 1.82) is 0 Å². The number of fused-ring (bicyclic) bond motifs is 1. The number of hydrogen-bond acceptors (Lipinski definition) is 6. The van der Waals surface area contributed by atoms with E-state index in [0.29, 0.717) is 18.2 Å². The van der Waals surface area contributed by atoms with Crippen LogP contribution in [0.1, 0.15) is 35.0 Å². The van der Waals surface area contributed by atoms with Crippen LogP contribution < -0.4 is 10.6 Å². The first kappa shape index (κ1) is 16.7. The van der Waals surface area contributed by atoms with Gasteiger partial charge in [0.05, 0.1) is 18.5 Å². The Morgan fingerprint density at radius 3 is 3.00 bits per heavy atom. The predicted molar refractivity (Wildman–Crippen MR) is 91.0 cm³/mol. The number of hydrogen-bond donors (Lipinski definition) is 2. The third-order valence-corrected chi connectivity index (χ3v) is 4.59. The van der Waals surface area contributed by atoms with Crippen LogP contribution in [0.2, 0.25) is 0 Å². The second kappa shape index (κ2) is 7.14. The van der Waals surface area contributed by atoms with Gasteiger partial charge in [-0.05, 0) is 26.0 Å². The average Bonchev–Trinajstić information content (AvgIpc) is 3.14. The number of aromatic nitrogens is 1. The maximum absolute atomic E-state index is 12.0. The van der Waals surface area contributed by atoms with Crippen molar-refractivity contribution in [2.24, 2.45) is 0 Å². The molecule has 2 aromatic rings. The highest BCUT2D eigenvalue weighted by Gasteiger charge is 2.23. The van der Waals surface area contributed by atoms with E-state index in [9.17, 15) is 9.59 Å². The number of anilines is 1. The summed E-state index contributed by atoms with van der Waals surface area (Å²) in [4.78, 5) is 31.5. The SMILES string of the molecule is CC(C)NC(=O)CN1CCc2nc(NC(=O)c3ccco3)sc2C1. The molecule has 0 saturated heterocycles. The number of carbonyl (C=O) groups excluding carboxylic acids is 2. The van der Waals surface area contributed by atoms with Crippen LogP contribution >= 0.6 is 11.3 Å². The van der Waals surface area contributed by atoms with E-state index in [4.69, 9.17) is 4.42 Å². The van der Waals surface area contributed by atoms with Gasteiger partial charge >= 0.3 is 0 Å². The van der Waals surface area contributed by atoms with Crippen LogP contribution in [0.25, 0.3) is 0 Å². The topological polar surface area (TPSA) is 87.5 Å². The molecule has 0 spiro atoms. The van der Waals surface area contributed by atoms with E-state index in [1.807, 2.05) is 13.8 Å². The predicted octanol–water partition coefficient (Wildman–Crippen LogP) is 1.87. The van der Waals surface area contributed by atoms with Crippen LogP contribution in [0.5, 0.6) is 0 Å². The molecule has 0 atom stereocenters. The monoisotopic (exact) mass is 348 g/mol. The zero-order valence-corrected chi connectivity index (χ0v) is 14.5. The van der Waals surface area contributed by atoms with Crippen LogP contribution in [0, 0.1) is 0 Å². The van der Waals surface area contributed by atoms with Crippen molar-refractivity contribution in [2.45, 2.75) is 32.9 Å². The molecule has 8 heteroatoms. The first-order valence-electron chi connectivity index (χ1n) is 7.86. The van der Waals surface area contributed by atoms with E-state index in [1.165, 1.54) is 17.6 Å². The lowest BCUT2D eigenvalue weighted by molar-refractivity contribution is -0.122. The Morgan fingerprint density at radius 1 is 1.46 bits per heavy atom. The van der Waals surface area contributed by atoms with Crippen LogP contribution in [0.3, 0.4) is 0 Å². The molecule has 3 rings (SSSR count). The van der Waals surface area contributed by atoms with Crippen molar-refractivity contribution in [1.82, 2.24) is 15.2 Å². The Bertz CT molecular complexity index is 724. The Kier molecular flexibility index (Phi) is 4.96. The van der Waals surface area contributed by atoms with Gasteiger partial charge in [-0.3, -0.25) is 19.8 Å². The van der Waals surface area contributed by atoms with Gasteiger partial charge in [-0.25, -0.2) is 4.98 Å². The molecule has 128 valence electrons. The van der Waals surface area contributed by atoms with E-state index >= 15 is 0 Å². The van der Waals surface area contributed by atoms with Gasteiger partial charge in [0.15, 0.2) is 10.9 Å². The first-order valence-corrected chi connectivity index (χ1v) is 8.68. The molecule has 2 amide bonds. The number of nitrogens with zero attached hydrogens (tertiary/aromatic N) is 2. The minimum atomic E-state index is -0.306. The highest BCUT2D eigenvalue weighted by molar-refractivity contribution is 7.15. The van der Waals surface area contributed by atoms with Gasteiger partial charge in [0.1, 0.15) is 0 Å². The van der Waals surface area contributed by atoms with Crippen molar-refractivity contribution < 1.29 is 14.0 Å². The summed E-state index contributed by atoms with van der Waals surface area (Å²) in [7, 11) is 0. The molecule has 0 saturated carbocycles. The summed E-state index contributed by atoms with van der Waals surface area (Å²) < 4.78 is 5.07. The summed E-state index contributed by atoms with van der Waals surface area (Å²) in [5, 5.41) is 6.23. The quantitative estimate of drug-likeness (QED) is 0.861. The number of rotatable bonds is 5. The Labute approximate surface area is 144 Å². The Morgan fingerprint density at radius 2 is 2.29 bits per heavy atom. The highest BCUT2D eigenvalue weighted by atomic mass is 32.1. The van der Waals surface area contributed by atoms with E-state index in [0.717, 1.165) is 23.5 Å². The van der Waals surface area contributed by atoms with Crippen molar-refractivity contribution in [3.63, 3.8) is 0 Å². The molecular formula is C16H20N4O3S. The molecule has 24 heavy (non-hydrogen) atoms. The third-order valence-electron chi connectivity index (χ3n) is 3.59. The molecule has 2 aromatic heterocycles. The molecule has 1 aliphatic rings. The average molecular weight is 348 g/mol. The molecular weight excluding hydrogens is 328 g/mol. The van der Waals surface area contributed by atoms with E-state index in [-0.39, 0.29) is 23.6 Å². The molecule has 0 aliphatic carbocycles. The van der Waals surface area contributed by atoms with E-state index in [2.05, 4.69) is 20.5 Å². The number of furan rings is 1. The van der Waals surface area contributed by atoms with Gasteiger partial charge in [-0.2, -0.15) is 0 Å².